The minimum Gasteiger partial charge on any atom is -0.392 e. The number of carbonyl (C=O) groups excluding carboxylic acids is 1. The highest BCUT2D eigenvalue weighted by atomic mass is 16.5. The summed E-state index contributed by atoms with van der Waals surface area (Å²) < 4.78 is 5.50. The summed E-state index contributed by atoms with van der Waals surface area (Å²) in [5, 5.41) is 11.8. The van der Waals surface area contributed by atoms with E-state index in [1.807, 2.05) is 6.07 Å². The SMILES string of the molecule is C[C@@H](OCC1CC1)C(=O)Nc1cccc(CO)c1. The predicted octanol–water partition coefficient (Wildman–Crippen LogP) is 1.93. The molecule has 98 valence electrons. The number of amides is 1. The van der Waals surface area contributed by atoms with Crippen LogP contribution in [0.5, 0.6) is 0 Å². The lowest BCUT2D eigenvalue weighted by molar-refractivity contribution is -0.126. The first-order valence-electron chi connectivity index (χ1n) is 6.31. The summed E-state index contributed by atoms with van der Waals surface area (Å²) in [6, 6.07) is 7.16. The first-order valence-corrected chi connectivity index (χ1v) is 6.31. The summed E-state index contributed by atoms with van der Waals surface area (Å²) in [7, 11) is 0. The summed E-state index contributed by atoms with van der Waals surface area (Å²) in [6.45, 7) is 2.40. The quantitative estimate of drug-likeness (QED) is 0.810. The molecule has 2 rings (SSSR count). The highest BCUT2D eigenvalue weighted by Gasteiger charge is 2.24. The van der Waals surface area contributed by atoms with Gasteiger partial charge in [-0.1, -0.05) is 12.1 Å². The Hall–Kier alpha value is -1.39. The number of aliphatic hydroxyl groups excluding tert-OH is 1. The molecule has 1 amide bonds. The number of nitrogens with one attached hydrogen (secondary N) is 1. The maximum absolute atomic E-state index is 11.8. The first kappa shape index (κ1) is 13.1. The third-order valence-corrected chi connectivity index (χ3v) is 3.03. The van der Waals surface area contributed by atoms with Gasteiger partial charge in [-0.15, -0.1) is 0 Å². The van der Waals surface area contributed by atoms with Crippen molar-refractivity contribution in [2.45, 2.75) is 32.5 Å². The third-order valence-electron chi connectivity index (χ3n) is 3.03. The van der Waals surface area contributed by atoms with E-state index in [0.29, 0.717) is 18.2 Å². The van der Waals surface area contributed by atoms with Gasteiger partial charge >= 0.3 is 0 Å². The molecule has 2 N–H and O–H groups in total. The van der Waals surface area contributed by atoms with Gasteiger partial charge in [0.1, 0.15) is 6.10 Å². The molecule has 1 aromatic carbocycles. The molecule has 4 nitrogen and oxygen atoms in total. The van der Waals surface area contributed by atoms with Crippen LogP contribution in [0.3, 0.4) is 0 Å². The molecule has 0 unspecified atom stereocenters. The fraction of sp³-hybridized carbons (Fsp3) is 0.500. The third kappa shape index (κ3) is 3.82. The van der Waals surface area contributed by atoms with E-state index in [9.17, 15) is 4.79 Å². The second-order valence-electron chi connectivity index (χ2n) is 4.77. The molecule has 0 aliphatic heterocycles. The lowest BCUT2D eigenvalue weighted by atomic mass is 10.2. The molecule has 0 aromatic heterocycles. The molecule has 0 spiro atoms. The van der Waals surface area contributed by atoms with Crippen molar-refractivity contribution >= 4 is 11.6 Å². The van der Waals surface area contributed by atoms with Crippen molar-refractivity contribution < 1.29 is 14.6 Å². The van der Waals surface area contributed by atoms with Gasteiger partial charge in [0.15, 0.2) is 0 Å². The number of hydrogen-bond acceptors (Lipinski definition) is 3. The van der Waals surface area contributed by atoms with Gasteiger partial charge in [-0.3, -0.25) is 4.79 Å². The fourth-order valence-electron chi connectivity index (χ4n) is 1.63. The van der Waals surface area contributed by atoms with Crippen LogP contribution in [0, 0.1) is 5.92 Å². The Morgan fingerprint density at radius 3 is 3.00 bits per heavy atom. The van der Waals surface area contributed by atoms with E-state index in [4.69, 9.17) is 9.84 Å². The molecule has 18 heavy (non-hydrogen) atoms. The van der Waals surface area contributed by atoms with Crippen LogP contribution in [0.15, 0.2) is 24.3 Å². The maximum Gasteiger partial charge on any atom is 0.253 e. The average molecular weight is 249 g/mol. The number of rotatable bonds is 6. The van der Waals surface area contributed by atoms with E-state index in [0.717, 1.165) is 5.56 Å². The smallest absolute Gasteiger partial charge is 0.253 e. The van der Waals surface area contributed by atoms with E-state index in [1.54, 1.807) is 25.1 Å². The van der Waals surface area contributed by atoms with Gasteiger partial charge in [0.2, 0.25) is 0 Å². The number of carbonyl (C=O) groups is 1. The molecular formula is C14H19NO3. The summed E-state index contributed by atoms with van der Waals surface area (Å²) >= 11 is 0. The number of anilines is 1. The van der Waals surface area contributed by atoms with Crippen molar-refractivity contribution in [3.05, 3.63) is 29.8 Å². The molecule has 1 aromatic rings. The van der Waals surface area contributed by atoms with Crippen LogP contribution in [0.2, 0.25) is 0 Å². The van der Waals surface area contributed by atoms with Crippen LogP contribution in [-0.4, -0.2) is 23.7 Å². The van der Waals surface area contributed by atoms with Crippen molar-refractivity contribution in [2.75, 3.05) is 11.9 Å². The van der Waals surface area contributed by atoms with Gasteiger partial charge < -0.3 is 15.2 Å². The van der Waals surface area contributed by atoms with Gasteiger partial charge in [0, 0.05) is 5.69 Å². The van der Waals surface area contributed by atoms with E-state index in [-0.39, 0.29) is 12.5 Å². The van der Waals surface area contributed by atoms with Gasteiger partial charge in [-0.2, -0.15) is 0 Å². The largest absolute Gasteiger partial charge is 0.392 e. The van der Waals surface area contributed by atoms with Crippen molar-refractivity contribution in [3.63, 3.8) is 0 Å². The zero-order valence-corrected chi connectivity index (χ0v) is 10.6. The van der Waals surface area contributed by atoms with Crippen LogP contribution in [-0.2, 0) is 16.1 Å². The van der Waals surface area contributed by atoms with E-state index >= 15 is 0 Å². The van der Waals surface area contributed by atoms with Crippen molar-refractivity contribution in [1.82, 2.24) is 0 Å². The lowest BCUT2D eigenvalue weighted by Crippen LogP contribution is -2.28. The van der Waals surface area contributed by atoms with Gasteiger partial charge in [0.05, 0.1) is 13.2 Å². The number of ether oxygens (including phenoxy) is 1. The van der Waals surface area contributed by atoms with Gasteiger partial charge in [0.25, 0.3) is 5.91 Å². The summed E-state index contributed by atoms with van der Waals surface area (Å²) in [5.74, 6) is 0.503. The molecule has 0 heterocycles. The predicted molar refractivity (Wildman–Crippen MR) is 69.1 cm³/mol. The van der Waals surface area contributed by atoms with Gasteiger partial charge in [-0.05, 0) is 43.4 Å². The second-order valence-corrected chi connectivity index (χ2v) is 4.77. The van der Waals surface area contributed by atoms with E-state index in [1.165, 1.54) is 12.8 Å². The molecule has 1 aliphatic carbocycles. The highest BCUT2D eigenvalue weighted by Crippen LogP contribution is 2.29. The average Bonchev–Trinajstić information content (AvgIpc) is 3.20. The number of aliphatic hydroxyl groups is 1. The zero-order valence-electron chi connectivity index (χ0n) is 10.6. The topological polar surface area (TPSA) is 58.6 Å². The normalized spacial score (nSPS) is 16.3. The van der Waals surface area contributed by atoms with E-state index < -0.39 is 6.10 Å². The first-order chi connectivity index (χ1) is 8.69. The highest BCUT2D eigenvalue weighted by molar-refractivity contribution is 5.93. The minimum atomic E-state index is -0.441. The second kappa shape index (κ2) is 5.98. The molecule has 4 heteroatoms. The van der Waals surface area contributed by atoms with Crippen LogP contribution in [0.1, 0.15) is 25.3 Å². The Kier molecular flexibility index (Phi) is 4.33. The van der Waals surface area contributed by atoms with Gasteiger partial charge in [-0.25, -0.2) is 0 Å². The summed E-state index contributed by atoms with van der Waals surface area (Å²) in [5.41, 5.74) is 1.47. The molecule has 0 bridgehead atoms. The van der Waals surface area contributed by atoms with Crippen LogP contribution in [0.25, 0.3) is 0 Å². The lowest BCUT2D eigenvalue weighted by Gasteiger charge is -2.13. The van der Waals surface area contributed by atoms with Crippen LogP contribution >= 0.6 is 0 Å². The van der Waals surface area contributed by atoms with E-state index in [2.05, 4.69) is 5.32 Å². The van der Waals surface area contributed by atoms with Crippen LogP contribution < -0.4 is 5.32 Å². The molecule has 1 fully saturated rings. The Labute approximate surface area is 107 Å². The number of benzene rings is 1. The van der Waals surface area contributed by atoms with Crippen molar-refractivity contribution in [3.8, 4) is 0 Å². The van der Waals surface area contributed by atoms with Crippen molar-refractivity contribution in [2.24, 2.45) is 5.92 Å². The molecule has 1 aliphatic rings. The number of hydrogen-bond donors (Lipinski definition) is 2. The Morgan fingerprint density at radius 2 is 2.33 bits per heavy atom. The minimum absolute atomic E-state index is 0.0303. The standard InChI is InChI=1S/C14H19NO3/c1-10(18-9-11-5-6-11)14(17)15-13-4-2-3-12(7-13)8-16/h2-4,7,10-11,16H,5-6,8-9H2,1H3,(H,15,17)/t10-/m1/s1. The maximum atomic E-state index is 11.8. The molecule has 0 saturated heterocycles. The Morgan fingerprint density at radius 1 is 1.56 bits per heavy atom. The van der Waals surface area contributed by atoms with Crippen molar-refractivity contribution in [1.29, 1.82) is 0 Å². The van der Waals surface area contributed by atoms with Crippen LogP contribution in [0.4, 0.5) is 5.69 Å². The fourth-order valence-corrected chi connectivity index (χ4v) is 1.63. The molecule has 0 radical (unpaired) electrons. The Bertz CT molecular complexity index is 415. The zero-order chi connectivity index (χ0) is 13.0. The summed E-state index contributed by atoms with van der Waals surface area (Å²) in [6.07, 6.45) is 1.99. The molecule has 1 atom stereocenters. The monoisotopic (exact) mass is 249 g/mol. The molecule has 1 saturated carbocycles. The molecular weight excluding hydrogens is 230 g/mol. The summed E-state index contributed by atoms with van der Waals surface area (Å²) in [4.78, 5) is 11.8. The Balaban J connectivity index is 1.84.